The number of amides is 1. The van der Waals surface area contributed by atoms with Crippen LogP contribution in [0.15, 0.2) is 53.5 Å². The molecule has 0 fully saturated rings. The maximum atomic E-state index is 11.3. The number of ether oxygens (including phenoxy) is 2. The number of aliphatic hydroxyl groups excluding tert-OH is 2. The number of carbonyl (C=O) groups excluding carboxylic acids is 1. The van der Waals surface area contributed by atoms with Crippen LogP contribution in [0.25, 0.3) is 0 Å². The van der Waals surface area contributed by atoms with Gasteiger partial charge in [-0.25, -0.2) is 9.97 Å². The molecule has 22 nitrogen and oxygen atoms in total. The van der Waals surface area contributed by atoms with Crippen molar-refractivity contribution in [3.8, 4) is 11.5 Å². The van der Waals surface area contributed by atoms with Gasteiger partial charge in [-0.2, -0.15) is 21.8 Å². The standard InChI is InChI=1S/C19H24N4O2.C6H8ClN7O.2C2H6O4S.ClH/c20-18(21)14-4-8-16(9-5-14)24-12-2-1-3-13-25-17-10-6-15(7-11-17)19(22)23;7-2-4(9)13-3(8)1(12-2)5(15)14-6(10)11;2*3-1-2-7(4,5)6;/h4-11H,1-3,12-13H2,(H3,20,21)(H3,22,23);(H4,8,9,13)(H4,10,11,14,15);2*3H,1-2H2,(H,4,5,6);1H. The molecule has 3 rings (SSSR count). The van der Waals surface area contributed by atoms with Crippen molar-refractivity contribution in [1.29, 1.82) is 10.8 Å². The zero-order chi connectivity index (χ0) is 41.5. The van der Waals surface area contributed by atoms with Crippen LogP contribution >= 0.6 is 24.0 Å². The maximum Gasteiger partial charge on any atom is 0.302 e. The molecular weight excluding hydrogens is 813 g/mol. The summed E-state index contributed by atoms with van der Waals surface area (Å²) in [6.07, 6.45) is 2.90. The molecule has 1 aromatic heterocycles. The number of aromatic nitrogens is 2. The fourth-order valence-electron chi connectivity index (χ4n) is 3.22. The van der Waals surface area contributed by atoms with Crippen LogP contribution in [0.2, 0.25) is 5.15 Å². The number of nitrogens with two attached hydrogens (primary N) is 6. The number of nitrogens with one attached hydrogen (secondary N) is 2. The zero-order valence-electron chi connectivity index (χ0n) is 29.0. The van der Waals surface area contributed by atoms with E-state index in [4.69, 9.17) is 85.6 Å². The smallest absolute Gasteiger partial charge is 0.302 e. The molecule has 0 saturated heterocycles. The van der Waals surface area contributed by atoms with Gasteiger partial charge in [-0.05, 0) is 67.8 Å². The van der Waals surface area contributed by atoms with E-state index in [0.29, 0.717) is 24.3 Å². The number of unbranched alkanes of at least 4 members (excludes halogenated alkanes) is 2. The molecular formula is C29H45Cl2N11O11S2. The van der Waals surface area contributed by atoms with Crippen molar-refractivity contribution in [2.75, 3.05) is 49.4 Å². The Morgan fingerprint density at radius 1 is 0.709 bits per heavy atom. The molecule has 0 aliphatic heterocycles. The molecule has 0 saturated carbocycles. The summed E-state index contributed by atoms with van der Waals surface area (Å²) in [5.41, 5.74) is 32.7. The van der Waals surface area contributed by atoms with Gasteiger partial charge in [-0.3, -0.25) is 24.7 Å². The topological polar surface area (TPSA) is 427 Å². The molecule has 0 radical (unpaired) electrons. The fourth-order valence-corrected chi connectivity index (χ4v) is 3.81. The third-order valence-electron chi connectivity index (χ3n) is 5.69. The third kappa shape index (κ3) is 25.6. The lowest BCUT2D eigenvalue weighted by molar-refractivity contribution is 0.0998. The van der Waals surface area contributed by atoms with Crippen molar-refractivity contribution >= 4 is 79.4 Å². The lowest BCUT2D eigenvalue weighted by Gasteiger charge is -2.08. The molecule has 0 unspecified atom stereocenters. The Morgan fingerprint density at radius 3 is 1.38 bits per heavy atom. The molecule has 3 aromatic rings. The number of aliphatic imine (C=N–C) groups is 1. The Bertz CT molecular complexity index is 1810. The van der Waals surface area contributed by atoms with Crippen LogP contribution in [-0.4, -0.2) is 108 Å². The summed E-state index contributed by atoms with van der Waals surface area (Å²) in [4.78, 5) is 21.7. The van der Waals surface area contributed by atoms with Gasteiger partial charge in [0.05, 0.1) is 37.9 Å². The minimum atomic E-state index is -3.92. The maximum absolute atomic E-state index is 11.3. The van der Waals surface area contributed by atoms with Crippen LogP contribution in [0.4, 0.5) is 11.6 Å². The van der Waals surface area contributed by atoms with Gasteiger partial charge in [0.1, 0.15) is 23.2 Å². The van der Waals surface area contributed by atoms with E-state index in [0.717, 1.165) is 30.8 Å². The predicted molar refractivity (Wildman–Crippen MR) is 210 cm³/mol. The lowest BCUT2D eigenvalue weighted by Crippen LogP contribution is -2.24. The fraction of sp³-hybridized carbons (Fsp3) is 0.310. The summed E-state index contributed by atoms with van der Waals surface area (Å²) < 4.78 is 65.5. The summed E-state index contributed by atoms with van der Waals surface area (Å²) in [5, 5.41) is 30.3. The van der Waals surface area contributed by atoms with Crippen LogP contribution in [-0.2, 0) is 20.2 Å². The van der Waals surface area contributed by atoms with E-state index in [2.05, 4.69) is 15.0 Å². The Balaban J connectivity index is 0. The highest BCUT2D eigenvalue weighted by Crippen LogP contribution is 2.18. The molecule has 55 heavy (non-hydrogen) atoms. The van der Waals surface area contributed by atoms with Crippen molar-refractivity contribution in [1.82, 2.24) is 9.97 Å². The van der Waals surface area contributed by atoms with E-state index in [1.54, 1.807) is 24.3 Å². The molecule has 0 aliphatic carbocycles. The third-order valence-corrected chi connectivity index (χ3v) is 7.37. The van der Waals surface area contributed by atoms with Crippen molar-refractivity contribution in [2.24, 2.45) is 27.9 Å². The average Bonchev–Trinajstić information content (AvgIpc) is 3.06. The number of hydrogen-bond donors (Lipinski definition) is 12. The van der Waals surface area contributed by atoms with Gasteiger partial charge in [-0.1, -0.05) is 11.6 Å². The number of rotatable bonds is 15. The second kappa shape index (κ2) is 26.7. The summed E-state index contributed by atoms with van der Waals surface area (Å²) in [5.74, 6) is -0.970. The number of nitrogen functional groups attached to an aromatic ring is 4. The summed E-state index contributed by atoms with van der Waals surface area (Å²) in [7, 11) is -7.85. The van der Waals surface area contributed by atoms with Gasteiger partial charge in [0.15, 0.2) is 28.4 Å². The first-order valence-corrected chi connectivity index (χ1v) is 18.7. The first kappa shape index (κ1) is 52.0. The van der Waals surface area contributed by atoms with E-state index >= 15 is 0 Å². The Morgan fingerprint density at radius 2 is 1.09 bits per heavy atom. The van der Waals surface area contributed by atoms with E-state index in [1.165, 1.54) is 0 Å². The number of hydrogen-bond acceptors (Lipinski definition) is 15. The number of benzene rings is 2. The summed E-state index contributed by atoms with van der Waals surface area (Å²) in [6.45, 7) is 0.233. The molecule has 26 heteroatoms. The van der Waals surface area contributed by atoms with Crippen molar-refractivity contribution in [3.05, 3.63) is 70.5 Å². The lowest BCUT2D eigenvalue weighted by atomic mass is 10.2. The van der Waals surface area contributed by atoms with Crippen molar-refractivity contribution in [2.45, 2.75) is 19.3 Å². The minimum absolute atomic E-state index is 0. The Labute approximate surface area is 328 Å². The predicted octanol–water partition coefficient (Wildman–Crippen LogP) is -0.254. The van der Waals surface area contributed by atoms with E-state index < -0.39 is 56.8 Å². The number of aliphatic hydroxyl groups is 2. The number of carbonyl (C=O) groups is 1. The molecule has 308 valence electrons. The second-order valence-corrected chi connectivity index (χ2v) is 13.6. The van der Waals surface area contributed by atoms with Crippen LogP contribution in [0, 0.1) is 10.8 Å². The molecule has 2 aromatic carbocycles. The summed E-state index contributed by atoms with van der Waals surface area (Å²) >= 11 is 5.55. The normalized spacial score (nSPS) is 10.3. The largest absolute Gasteiger partial charge is 0.494 e. The Kier molecular flexibility index (Phi) is 25.2. The monoisotopic (exact) mass is 857 g/mol. The number of nitrogens with zero attached hydrogens (tertiary/aromatic N) is 3. The molecule has 0 aliphatic rings. The van der Waals surface area contributed by atoms with Gasteiger partial charge < -0.3 is 54.1 Å². The van der Waals surface area contributed by atoms with Gasteiger partial charge >= 0.3 is 5.91 Å². The van der Waals surface area contributed by atoms with Gasteiger partial charge in [0.25, 0.3) is 20.2 Å². The highest BCUT2D eigenvalue weighted by molar-refractivity contribution is 7.86. The first-order valence-electron chi connectivity index (χ1n) is 15.1. The number of halogens is 2. The molecule has 18 N–H and O–H groups in total. The first-order chi connectivity index (χ1) is 25.1. The minimum Gasteiger partial charge on any atom is -0.494 e. The Hall–Kier alpha value is -5.08. The van der Waals surface area contributed by atoms with Crippen LogP contribution in [0.1, 0.15) is 40.9 Å². The zero-order valence-corrected chi connectivity index (χ0v) is 32.2. The van der Waals surface area contributed by atoms with Crippen molar-refractivity contribution < 1.29 is 50.4 Å². The molecule has 0 bridgehead atoms. The van der Waals surface area contributed by atoms with Gasteiger partial charge in [0.2, 0.25) is 0 Å². The molecule has 1 amide bonds. The molecule has 0 spiro atoms. The highest BCUT2D eigenvalue weighted by Gasteiger charge is 2.15. The number of guanidine groups is 1. The SMILES string of the molecule is Cl.N=C(N)c1ccc(OCCCCCOc2ccc(C(=N)N)cc2)cc1.NC(N)=NC(=O)c1nc(Cl)c(N)nc1N.O=S(=O)(O)CCO.O=S(=O)(O)CCO. The average molecular weight is 859 g/mol. The molecule has 0 atom stereocenters. The second-order valence-electron chi connectivity index (χ2n) is 10.1. The molecule has 1 heterocycles. The van der Waals surface area contributed by atoms with Gasteiger partial charge in [0, 0.05) is 11.1 Å². The number of anilines is 2. The van der Waals surface area contributed by atoms with E-state index in [-0.39, 0.29) is 46.6 Å². The van der Waals surface area contributed by atoms with Crippen LogP contribution in [0.3, 0.4) is 0 Å². The van der Waals surface area contributed by atoms with Crippen LogP contribution in [0.5, 0.6) is 11.5 Å². The highest BCUT2D eigenvalue weighted by atomic mass is 35.5. The quantitative estimate of drug-likeness (QED) is 0.0405. The van der Waals surface area contributed by atoms with Crippen molar-refractivity contribution in [3.63, 3.8) is 0 Å². The number of amidine groups is 2. The van der Waals surface area contributed by atoms with E-state index in [9.17, 15) is 21.6 Å². The van der Waals surface area contributed by atoms with E-state index in [1.807, 2.05) is 24.3 Å². The van der Waals surface area contributed by atoms with Gasteiger partial charge in [-0.15, -0.1) is 12.4 Å². The van der Waals surface area contributed by atoms with Crippen LogP contribution < -0.4 is 43.9 Å². The summed E-state index contributed by atoms with van der Waals surface area (Å²) in [6, 6.07) is 14.4.